The van der Waals surface area contributed by atoms with Crippen LogP contribution in [0.25, 0.3) is 0 Å². The van der Waals surface area contributed by atoms with E-state index in [1.54, 1.807) is 0 Å². The Balaban J connectivity index is 1.68. The third-order valence-electron chi connectivity index (χ3n) is 3.27. The number of carbonyl (C=O) groups excluding carboxylic acids is 1. The first-order chi connectivity index (χ1) is 5.70. The van der Waals surface area contributed by atoms with Gasteiger partial charge in [0.15, 0.2) is 0 Å². The van der Waals surface area contributed by atoms with Crippen LogP contribution in [-0.2, 0) is 4.79 Å². The maximum Gasteiger partial charge on any atom is 0.223 e. The van der Waals surface area contributed by atoms with Gasteiger partial charge in [0.2, 0.25) is 5.91 Å². The van der Waals surface area contributed by atoms with Crippen molar-refractivity contribution in [1.82, 2.24) is 5.32 Å². The Bertz CT molecular complexity index is 192. The molecule has 12 heavy (non-hydrogen) atoms. The van der Waals surface area contributed by atoms with Gasteiger partial charge in [0.25, 0.3) is 0 Å². The van der Waals surface area contributed by atoms with Gasteiger partial charge in [-0.1, -0.05) is 13.3 Å². The maximum absolute atomic E-state index is 11.4. The molecule has 0 atom stereocenters. The van der Waals surface area contributed by atoms with E-state index >= 15 is 0 Å². The summed E-state index contributed by atoms with van der Waals surface area (Å²) in [4.78, 5) is 11.4. The lowest BCUT2D eigenvalue weighted by Gasteiger charge is -2.24. The molecule has 2 nitrogen and oxygen atoms in total. The largest absolute Gasteiger partial charge is 0.355 e. The van der Waals surface area contributed by atoms with E-state index < -0.39 is 0 Å². The van der Waals surface area contributed by atoms with Crippen molar-refractivity contribution in [2.45, 2.75) is 39.0 Å². The molecule has 68 valence electrons. The Morgan fingerprint density at radius 1 is 1.50 bits per heavy atom. The minimum absolute atomic E-state index is 0.300. The summed E-state index contributed by atoms with van der Waals surface area (Å²) in [6.45, 7) is 3.15. The summed E-state index contributed by atoms with van der Waals surface area (Å²) in [7, 11) is 0. The maximum atomic E-state index is 11.4. The molecule has 0 aromatic carbocycles. The monoisotopic (exact) mass is 167 g/mol. The summed E-state index contributed by atoms with van der Waals surface area (Å²) in [6.07, 6.45) is 6.05. The van der Waals surface area contributed by atoms with Crippen LogP contribution in [0.15, 0.2) is 0 Å². The average Bonchev–Trinajstić information content (AvgIpc) is 2.62. The lowest BCUT2D eigenvalue weighted by Crippen LogP contribution is -2.37. The fourth-order valence-corrected chi connectivity index (χ4v) is 1.51. The zero-order valence-corrected chi connectivity index (χ0v) is 7.73. The van der Waals surface area contributed by atoms with E-state index in [2.05, 4.69) is 12.2 Å². The summed E-state index contributed by atoms with van der Waals surface area (Å²) >= 11 is 0. The van der Waals surface area contributed by atoms with Crippen molar-refractivity contribution in [1.29, 1.82) is 0 Å². The van der Waals surface area contributed by atoms with E-state index in [0.717, 1.165) is 19.4 Å². The smallest absolute Gasteiger partial charge is 0.223 e. The predicted octanol–water partition coefficient (Wildman–Crippen LogP) is 1.70. The van der Waals surface area contributed by atoms with Crippen molar-refractivity contribution >= 4 is 5.91 Å². The van der Waals surface area contributed by atoms with Gasteiger partial charge in [0.05, 0.1) is 0 Å². The van der Waals surface area contributed by atoms with Gasteiger partial charge >= 0.3 is 0 Å². The first-order valence-corrected chi connectivity index (χ1v) is 4.97. The molecule has 0 bridgehead atoms. The zero-order valence-electron chi connectivity index (χ0n) is 7.73. The van der Waals surface area contributed by atoms with Crippen LogP contribution >= 0.6 is 0 Å². The van der Waals surface area contributed by atoms with Gasteiger partial charge in [0.1, 0.15) is 0 Å². The minimum atomic E-state index is 0.300. The van der Waals surface area contributed by atoms with E-state index in [-0.39, 0.29) is 0 Å². The topological polar surface area (TPSA) is 29.1 Å². The van der Waals surface area contributed by atoms with E-state index in [1.165, 1.54) is 19.3 Å². The van der Waals surface area contributed by atoms with Crippen molar-refractivity contribution < 1.29 is 4.79 Å². The van der Waals surface area contributed by atoms with Gasteiger partial charge in [-0.05, 0) is 31.1 Å². The normalized spacial score (nSPS) is 26.1. The van der Waals surface area contributed by atoms with E-state index in [9.17, 15) is 4.79 Å². The molecule has 2 aliphatic carbocycles. The summed E-state index contributed by atoms with van der Waals surface area (Å²) in [6, 6.07) is 0. The summed E-state index contributed by atoms with van der Waals surface area (Å²) < 4.78 is 0. The van der Waals surface area contributed by atoms with Gasteiger partial charge in [0, 0.05) is 12.5 Å². The van der Waals surface area contributed by atoms with Crippen molar-refractivity contribution in [2.75, 3.05) is 6.54 Å². The molecule has 2 rings (SSSR count). The molecule has 2 heteroatoms. The van der Waals surface area contributed by atoms with Crippen molar-refractivity contribution in [3.05, 3.63) is 0 Å². The highest BCUT2D eigenvalue weighted by Gasteiger charge is 2.38. The average molecular weight is 167 g/mol. The molecular weight excluding hydrogens is 150 g/mol. The molecule has 1 N–H and O–H groups in total. The third-order valence-corrected chi connectivity index (χ3v) is 3.27. The number of hydrogen-bond donors (Lipinski definition) is 1. The van der Waals surface area contributed by atoms with Crippen molar-refractivity contribution in [3.63, 3.8) is 0 Å². The van der Waals surface area contributed by atoms with E-state index in [0.29, 0.717) is 17.2 Å². The second-order valence-corrected chi connectivity index (χ2v) is 4.66. The lowest BCUT2D eigenvalue weighted by atomic mass is 9.85. The molecule has 0 heterocycles. The Labute approximate surface area is 73.7 Å². The zero-order chi connectivity index (χ0) is 8.60. The molecule has 2 fully saturated rings. The van der Waals surface area contributed by atoms with Crippen LogP contribution in [0.3, 0.4) is 0 Å². The quantitative estimate of drug-likeness (QED) is 0.681. The Kier molecular flexibility index (Phi) is 1.85. The molecule has 0 saturated heterocycles. The van der Waals surface area contributed by atoms with Gasteiger partial charge in [-0.2, -0.15) is 0 Å². The van der Waals surface area contributed by atoms with Crippen LogP contribution in [0.4, 0.5) is 0 Å². The van der Waals surface area contributed by atoms with Gasteiger partial charge in [-0.25, -0.2) is 0 Å². The number of nitrogens with one attached hydrogen (secondary N) is 1. The number of hydrogen-bond acceptors (Lipinski definition) is 1. The highest BCUT2D eigenvalue weighted by molar-refractivity contribution is 5.79. The number of rotatable bonds is 3. The number of amides is 1. The van der Waals surface area contributed by atoms with Gasteiger partial charge < -0.3 is 5.32 Å². The van der Waals surface area contributed by atoms with E-state index in [4.69, 9.17) is 0 Å². The first-order valence-electron chi connectivity index (χ1n) is 4.97. The summed E-state index contributed by atoms with van der Waals surface area (Å²) in [5, 5.41) is 3.05. The molecule has 0 aliphatic heterocycles. The molecular formula is C10H17NO. The van der Waals surface area contributed by atoms with Crippen LogP contribution in [0.1, 0.15) is 39.0 Å². The van der Waals surface area contributed by atoms with Crippen molar-refractivity contribution in [3.8, 4) is 0 Å². The second kappa shape index (κ2) is 2.75. The first kappa shape index (κ1) is 8.09. The SMILES string of the molecule is CC1(CNC(=O)C2CCC2)CC1. The van der Waals surface area contributed by atoms with Crippen LogP contribution in [0, 0.1) is 11.3 Å². The molecule has 0 radical (unpaired) electrons. The van der Waals surface area contributed by atoms with Crippen molar-refractivity contribution in [2.24, 2.45) is 11.3 Å². The molecule has 0 aromatic heterocycles. The summed E-state index contributed by atoms with van der Waals surface area (Å²) in [5.41, 5.74) is 0.458. The van der Waals surface area contributed by atoms with Gasteiger partial charge in [-0.3, -0.25) is 4.79 Å². The highest BCUT2D eigenvalue weighted by Crippen LogP contribution is 2.44. The van der Waals surface area contributed by atoms with Crippen LogP contribution < -0.4 is 5.32 Å². The van der Waals surface area contributed by atoms with Crippen LogP contribution in [0.5, 0.6) is 0 Å². The fraction of sp³-hybridized carbons (Fsp3) is 0.900. The molecule has 0 unspecified atom stereocenters. The molecule has 0 aromatic rings. The number of carbonyl (C=O) groups is 1. The molecule has 2 saturated carbocycles. The Hall–Kier alpha value is -0.530. The minimum Gasteiger partial charge on any atom is -0.355 e. The fourth-order valence-electron chi connectivity index (χ4n) is 1.51. The highest BCUT2D eigenvalue weighted by atomic mass is 16.1. The predicted molar refractivity (Wildman–Crippen MR) is 47.7 cm³/mol. The van der Waals surface area contributed by atoms with E-state index in [1.807, 2.05) is 0 Å². The molecule has 0 spiro atoms. The van der Waals surface area contributed by atoms with Crippen LogP contribution in [-0.4, -0.2) is 12.5 Å². The third kappa shape index (κ3) is 1.62. The Morgan fingerprint density at radius 3 is 2.58 bits per heavy atom. The molecule has 1 amide bonds. The van der Waals surface area contributed by atoms with Gasteiger partial charge in [-0.15, -0.1) is 0 Å². The summed E-state index contributed by atoms with van der Waals surface area (Å²) in [5.74, 6) is 0.654. The van der Waals surface area contributed by atoms with Crippen LogP contribution in [0.2, 0.25) is 0 Å². The standard InChI is InChI=1S/C10H17NO/c1-10(5-6-10)7-11-9(12)8-3-2-4-8/h8H,2-7H2,1H3,(H,11,12). The molecule has 2 aliphatic rings. The second-order valence-electron chi connectivity index (χ2n) is 4.66. The Morgan fingerprint density at radius 2 is 2.17 bits per heavy atom. The lowest BCUT2D eigenvalue weighted by molar-refractivity contribution is -0.127.